The molecule has 158 valence electrons. The van der Waals surface area contributed by atoms with Gasteiger partial charge in [-0.25, -0.2) is 4.98 Å². The summed E-state index contributed by atoms with van der Waals surface area (Å²) in [4.78, 5) is 8.84. The predicted octanol–water partition coefficient (Wildman–Crippen LogP) is 6.61. The first-order valence-corrected chi connectivity index (χ1v) is 11.9. The Kier molecular flexibility index (Phi) is 5.38. The molecule has 0 atom stereocenters. The molecule has 1 saturated carbocycles. The fourth-order valence-corrected chi connectivity index (χ4v) is 4.57. The van der Waals surface area contributed by atoms with Crippen molar-refractivity contribution in [3.8, 4) is 17.2 Å². The number of nitriles is 1. The van der Waals surface area contributed by atoms with Crippen molar-refractivity contribution in [2.24, 2.45) is 0 Å². The SMILES string of the molecule is CSNc1cc(-c2ccc3ncc(C#N)c(NC4(c5ccccc5)CC4)c3c2)cnc1Cl. The lowest BCUT2D eigenvalue weighted by Crippen LogP contribution is -2.19. The molecule has 1 aliphatic carbocycles. The van der Waals surface area contributed by atoms with Crippen molar-refractivity contribution in [3.05, 3.63) is 83.3 Å². The van der Waals surface area contributed by atoms with Crippen LogP contribution in [0.5, 0.6) is 0 Å². The molecule has 7 heteroatoms. The number of nitrogens with one attached hydrogen (secondary N) is 2. The van der Waals surface area contributed by atoms with Gasteiger partial charge < -0.3 is 10.0 Å². The van der Waals surface area contributed by atoms with Crippen molar-refractivity contribution in [1.29, 1.82) is 5.26 Å². The van der Waals surface area contributed by atoms with E-state index in [0.29, 0.717) is 10.7 Å². The number of fused-ring (bicyclic) bond motifs is 1. The van der Waals surface area contributed by atoms with E-state index >= 15 is 0 Å². The van der Waals surface area contributed by atoms with Crippen LogP contribution in [0.1, 0.15) is 24.0 Å². The van der Waals surface area contributed by atoms with Crippen LogP contribution in [-0.2, 0) is 5.54 Å². The van der Waals surface area contributed by atoms with Crippen molar-refractivity contribution in [2.75, 3.05) is 16.3 Å². The Morgan fingerprint density at radius 3 is 2.56 bits per heavy atom. The first kappa shape index (κ1) is 20.6. The summed E-state index contributed by atoms with van der Waals surface area (Å²) in [7, 11) is 0. The van der Waals surface area contributed by atoms with E-state index in [1.807, 2.05) is 30.5 Å². The minimum atomic E-state index is -0.144. The van der Waals surface area contributed by atoms with Crippen LogP contribution in [0.15, 0.2) is 67.0 Å². The quantitative estimate of drug-likeness (QED) is 0.250. The highest BCUT2D eigenvalue weighted by Crippen LogP contribution is 2.49. The Hall–Kier alpha value is -3.27. The molecule has 5 rings (SSSR count). The van der Waals surface area contributed by atoms with Gasteiger partial charge >= 0.3 is 0 Å². The molecule has 1 fully saturated rings. The van der Waals surface area contributed by atoms with E-state index in [2.05, 4.69) is 56.4 Å². The fraction of sp³-hybridized carbons (Fsp3) is 0.160. The lowest BCUT2D eigenvalue weighted by molar-refractivity contribution is 0.809. The van der Waals surface area contributed by atoms with Gasteiger partial charge in [0.1, 0.15) is 6.07 Å². The van der Waals surface area contributed by atoms with Crippen LogP contribution < -0.4 is 10.0 Å². The molecule has 2 aromatic heterocycles. The van der Waals surface area contributed by atoms with Gasteiger partial charge in [0, 0.05) is 29.6 Å². The maximum atomic E-state index is 9.81. The van der Waals surface area contributed by atoms with Gasteiger partial charge in [-0.15, -0.1) is 0 Å². The number of nitrogens with zero attached hydrogens (tertiary/aromatic N) is 3. The van der Waals surface area contributed by atoms with Crippen molar-refractivity contribution < 1.29 is 0 Å². The maximum absolute atomic E-state index is 9.81. The molecule has 0 amide bonds. The van der Waals surface area contributed by atoms with Gasteiger partial charge in [-0.1, -0.05) is 59.9 Å². The molecule has 2 heterocycles. The Morgan fingerprint density at radius 2 is 1.84 bits per heavy atom. The van der Waals surface area contributed by atoms with Gasteiger partial charge in [-0.05, 0) is 42.2 Å². The largest absolute Gasteiger partial charge is 0.374 e. The monoisotopic (exact) mass is 457 g/mol. The number of hydrogen-bond donors (Lipinski definition) is 2. The molecule has 0 bridgehead atoms. The first-order valence-electron chi connectivity index (χ1n) is 10.2. The highest BCUT2D eigenvalue weighted by Gasteiger charge is 2.44. The molecule has 0 unspecified atom stereocenters. The number of halogens is 1. The highest BCUT2D eigenvalue weighted by molar-refractivity contribution is 7.99. The normalized spacial score (nSPS) is 14.0. The number of rotatable bonds is 6. The van der Waals surface area contributed by atoms with Crippen LogP contribution in [-0.4, -0.2) is 16.2 Å². The number of benzene rings is 2. The minimum absolute atomic E-state index is 0.144. The van der Waals surface area contributed by atoms with Crippen molar-refractivity contribution in [3.63, 3.8) is 0 Å². The van der Waals surface area contributed by atoms with E-state index in [0.717, 1.165) is 46.2 Å². The Morgan fingerprint density at radius 1 is 1.03 bits per heavy atom. The minimum Gasteiger partial charge on any atom is -0.374 e. The van der Waals surface area contributed by atoms with Crippen molar-refractivity contribution in [2.45, 2.75) is 18.4 Å². The summed E-state index contributed by atoms with van der Waals surface area (Å²) in [6, 6.07) is 20.8. The van der Waals surface area contributed by atoms with Crippen LogP contribution in [0.4, 0.5) is 11.4 Å². The van der Waals surface area contributed by atoms with E-state index in [4.69, 9.17) is 11.6 Å². The summed E-state index contributed by atoms with van der Waals surface area (Å²) >= 11 is 7.68. The molecule has 5 nitrogen and oxygen atoms in total. The Labute approximate surface area is 196 Å². The second-order valence-corrected chi connectivity index (χ2v) is 8.80. The lowest BCUT2D eigenvalue weighted by Gasteiger charge is -2.22. The molecule has 4 aromatic rings. The summed E-state index contributed by atoms with van der Waals surface area (Å²) in [5.41, 5.74) is 5.97. The van der Waals surface area contributed by atoms with Gasteiger partial charge in [-0.2, -0.15) is 5.26 Å². The number of anilines is 2. The number of hydrogen-bond acceptors (Lipinski definition) is 6. The predicted molar refractivity (Wildman–Crippen MR) is 133 cm³/mol. The molecule has 1 aliphatic rings. The van der Waals surface area contributed by atoms with E-state index < -0.39 is 0 Å². The first-order chi connectivity index (χ1) is 15.6. The van der Waals surface area contributed by atoms with Crippen molar-refractivity contribution >= 4 is 45.8 Å². The van der Waals surface area contributed by atoms with Gasteiger partial charge in [-0.3, -0.25) is 4.98 Å². The van der Waals surface area contributed by atoms with Crippen LogP contribution in [0, 0.1) is 11.3 Å². The van der Waals surface area contributed by atoms with E-state index in [1.165, 1.54) is 17.5 Å². The van der Waals surface area contributed by atoms with Crippen LogP contribution in [0.2, 0.25) is 5.15 Å². The fourth-order valence-electron chi connectivity index (χ4n) is 3.99. The second-order valence-electron chi connectivity index (χ2n) is 7.83. The van der Waals surface area contributed by atoms with E-state index in [1.54, 1.807) is 12.4 Å². The third-order valence-electron chi connectivity index (χ3n) is 5.81. The number of pyridine rings is 2. The Balaban J connectivity index is 1.62. The van der Waals surface area contributed by atoms with Gasteiger partial charge in [0.15, 0.2) is 5.15 Å². The molecule has 2 N–H and O–H groups in total. The summed E-state index contributed by atoms with van der Waals surface area (Å²) in [5.74, 6) is 0. The topological polar surface area (TPSA) is 73.6 Å². The lowest BCUT2D eigenvalue weighted by atomic mass is 10.00. The third-order valence-corrected chi connectivity index (χ3v) is 6.54. The van der Waals surface area contributed by atoms with Crippen LogP contribution in [0.25, 0.3) is 22.0 Å². The van der Waals surface area contributed by atoms with Crippen LogP contribution in [0.3, 0.4) is 0 Å². The molecular weight excluding hydrogens is 438 g/mol. The number of aromatic nitrogens is 2. The molecule has 0 spiro atoms. The van der Waals surface area contributed by atoms with Gasteiger partial charge in [0.05, 0.1) is 28.0 Å². The second kappa shape index (κ2) is 8.34. The maximum Gasteiger partial charge on any atom is 0.152 e. The summed E-state index contributed by atoms with van der Waals surface area (Å²) in [6.45, 7) is 0. The van der Waals surface area contributed by atoms with E-state index in [-0.39, 0.29) is 5.54 Å². The van der Waals surface area contributed by atoms with Gasteiger partial charge in [0.2, 0.25) is 0 Å². The zero-order valence-electron chi connectivity index (χ0n) is 17.4. The molecule has 0 saturated heterocycles. The zero-order chi connectivity index (χ0) is 22.1. The molecular formula is C25H20ClN5S. The third kappa shape index (κ3) is 3.75. The summed E-state index contributed by atoms with van der Waals surface area (Å²) < 4.78 is 3.16. The Bertz CT molecular complexity index is 1350. The zero-order valence-corrected chi connectivity index (χ0v) is 19.0. The van der Waals surface area contributed by atoms with Crippen LogP contribution >= 0.6 is 23.5 Å². The average molecular weight is 458 g/mol. The molecule has 0 radical (unpaired) electrons. The molecule has 0 aliphatic heterocycles. The smallest absolute Gasteiger partial charge is 0.152 e. The van der Waals surface area contributed by atoms with Gasteiger partial charge in [0.25, 0.3) is 0 Å². The molecule has 2 aromatic carbocycles. The average Bonchev–Trinajstić information content (AvgIpc) is 3.62. The summed E-state index contributed by atoms with van der Waals surface area (Å²) in [5, 5.41) is 14.9. The summed E-state index contributed by atoms with van der Waals surface area (Å²) in [6.07, 6.45) is 7.39. The van der Waals surface area contributed by atoms with Crippen molar-refractivity contribution in [1.82, 2.24) is 9.97 Å². The molecule has 32 heavy (non-hydrogen) atoms. The van der Waals surface area contributed by atoms with E-state index in [9.17, 15) is 5.26 Å². The standard InChI is InChI=1S/C25H20ClN5S/c1-32-31-22-12-17(14-29-24(22)26)16-7-8-21-20(11-16)23(18(13-27)15-28-21)30-25(9-10-25)19-5-3-2-4-6-19/h2-8,11-12,14-15,31H,9-10H2,1H3,(H,28,30). The highest BCUT2D eigenvalue weighted by atomic mass is 35.5.